The fourth-order valence-electron chi connectivity index (χ4n) is 4.28. The first-order valence-corrected chi connectivity index (χ1v) is 10.6. The highest BCUT2D eigenvalue weighted by Gasteiger charge is 2.43. The Morgan fingerprint density at radius 2 is 1.91 bits per heavy atom. The molecule has 3 aliphatic rings. The maximum absolute atomic E-state index is 12.4. The van der Waals surface area contributed by atoms with Crippen molar-refractivity contribution in [3.05, 3.63) is 0 Å². The quantitative estimate of drug-likeness (QED) is 0.832. The number of nitrogens with zero attached hydrogens (tertiary/aromatic N) is 1. The fraction of sp³-hybridized carbons (Fsp3) is 0.938. The lowest BCUT2D eigenvalue weighted by Crippen LogP contribution is -2.55. The van der Waals surface area contributed by atoms with Crippen molar-refractivity contribution in [1.29, 1.82) is 0 Å². The van der Waals surface area contributed by atoms with Crippen molar-refractivity contribution in [2.24, 2.45) is 11.8 Å². The summed E-state index contributed by atoms with van der Waals surface area (Å²) in [7, 11) is -3.19. The summed E-state index contributed by atoms with van der Waals surface area (Å²) in [5.41, 5.74) is -0.260. The number of nitrogens with one attached hydrogen (secondary N) is 1. The lowest BCUT2D eigenvalue weighted by Gasteiger charge is -2.47. The monoisotopic (exact) mass is 344 g/mol. The minimum absolute atomic E-state index is 0.0477. The molecular weight excluding hydrogens is 316 g/mol. The number of hydrogen-bond donors (Lipinski definition) is 1. The Morgan fingerprint density at radius 3 is 2.48 bits per heavy atom. The largest absolute Gasteiger partial charge is 0.375 e. The van der Waals surface area contributed by atoms with Gasteiger partial charge in [0, 0.05) is 31.7 Å². The van der Waals surface area contributed by atoms with Crippen molar-refractivity contribution < 1.29 is 17.9 Å². The average Bonchev–Trinajstić information content (AvgIpc) is 2.42. The van der Waals surface area contributed by atoms with Crippen molar-refractivity contribution in [2.45, 2.75) is 57.1 Å². The average molecular weight is 344 g/mol. The van der Waals surface area contributed by atoms with Crippen LogP contribution >= 0.6 is 0 Å². The Labute approximate surface area is 139 Å². The molecule has 1 unspecified atom stereocenters. The molecule has 2 aliphatic heterocycles. The molecule has 0 bridgehead atoms. The zero-order valence-electron chi connectivity index (χ0n) is 14.1. The molecule has 1 atom stereocenters. The van der Waals surface area contributed by atoms with Crippen molar-refractivity contribution in [3.63, 3.8) is 0 Å². The van der Waals surface area contributed by atoms with E-state index >= 15 is 0 Å². The Morgan fingerprint density at radius 1 is 1.26 bits per heavy atom. The van der Waals surface area contributed by atoms with Gasteiger partial charge < -0.3 is 9.64 Å². The molecule has 7 heteroatoms. The predicted octanol–water partition coefficient (Wildman–Crippen LogP) is 1.12. The molecule has 3 fully saturated rings. The van der Waals surface area contributed by atoms with Crippen LogP contribution in [0.25, 0.3) is 0 Å². The van der Waals surface area contributed by atoms with E-state index in [1.165, 1.54) is 6.26 Å². The molecule has 1 N–H and O–H groups in total. The van der Waals surface area contributed by atoms with E-state index in [1.807, 2.05) is 4.90 Å². The van der Waals surface area contributed by atoms with Crippen LogP contribution in [0, 0.1) is 11.8 Å². The molecule has 1 saturated carbocycles. The lowest BCUT2D eigenvalue weighted by atomic mass is 9.74. The first-order chi connectivity index (χ1) is 10.8. The van der Waals surface area contributed by atoms with E-state index in [9.17, 15) is 13.2 Å². The van der Waals surface area contributed by atoms with E-state index in [0.717, 1.165) is 45.2 Å². The summed E-state index contributed by atoms with van der Waals surface area (Å²) < 4.78 is 31.6. The van der Waals surface area contributed by atoms with Crippen LogP contribution in [0.2, 0.25) is 0 Å². The number of piperidine rings is 1. The summed E-state index contributed by atoms with van der Waals surface area (Å²) in [5, 5.41) is 0. The van der Waals surface area contributed by atoms with Crippen molar-refractivity contribution in [2.75, 3.05) is 26.0 Å². The normalized spacial score (nSPS) is 34.2. The Balaban J connectivity index is 1.54. The van der Waals surface area contributed by atoms with Crippen molar-refractivity contribution >= 4 is 15.9 Å². The van der Waals surface area contributed by atoms with Gasteiger partial charge in [-0.1, -0.05) is 6.92 Å². The van der Waals surface area contributed by atoms with Gasteiger partial charge in [0.05, 0.1) is 11.9 Å². The van der Waals surface area contributed by atoms with Crippen LogP contribution in [0.3, 0.4) is 0 Å². The zero-order chi connectivity index (χ0) is 16.7. The zero-order valence-corrected chi connectivity index (χ0v) is 14.9. The third kappa shape index (κ3) is 4.06. The number of rotatable bonds is 3. The summed E-state index contributed by atoms with van der Waals surface area (Å²) in [5.74, 6) is 1.22. The number of hydrogen-bond acceptors (Lipinski definition) is 4. The Hall–Kier alpha value is -0.660. The molecule has 0 radical (unpaired) electrons. The van der Waals surface area contributed by atoms with E-state index < -0.39 is 10.0 Å². The summed E-state index contributed by atoms with van der Waals surface area (Å²) >= 11 is 0. The number of carbonyl (C=O) groups is 1. The minimum Gasteiger partial charge on any atom is -0.375 e. The second-order valence-corrected chi connectivity index (χ2v) is 9.49. The number of carbonyl (C=O) groups excluding carboxylic acids is 1. The van der Waals surface area contributed by atoms with Gasteiger partial charge in [0.2, 0.25) is 15.9 Å². The molecule has 2 saturated heterocycles. The summed E-state index contributed by atoms with van der Waals surface area (Å²) in [6, 6.07) is -0.0477. The van der Waals surface area contributed by atoms with Gasteiger partial charge in [-0.15, -0.1) is 0 Å². The van der Waals surface area contributed by atoms with Gasteiger partial charge in [-0.05, 0) is 44.4 Å². The van der Waals surface area contributed by atoms with E-state index in [1.54, 1.807) is 0 Å². The van der Waals surface area contributed by atoms with Crippen LogP contribution in [0.1, 0.15) is 45.4 Å². The molecular formula is C16H28N2O4S. The smallest absolute Gasteiger partial charge is 0.225 e. The van der Waals surface area contributed by atoms with E-state index in [2.05, 4.69) is 11.6 Å². The van der Waals surface area contributed by atoms with Crippen LogP contribution in [0.15, 0.2) is 0 Å². The lowest BCUT2D eigenvalue weighted by molar-refractivity contribution is -0.151. The van der Waals surface area contributed by atoms with Crippen LogP contribution in [-0.4, -0.2) is 56.8 Å². The molecule has 23 heavy (non-hydrogen) atoms. The van der Waals surface area contributed by atoms with E-state index in [-0.39, 0.29) is 17.6 Å². The van der Waals surface area contributed by atoms with E-state index in [0.29, 0.717) is 24.9 Å². The molecule has 1 spiro atoms. The van der Waals surface area contributed by atoms with Gasteiger partial charge >= 0.3 is 0 Å². The van der Waals surface area contributed by atoms with E-state index in [4.69, 9.17) is 4.74 Å². The number of ether oxygens (including phenoxy) is 1. The highest BCUT2D eigenvalue weighted by Crippen LogP contribution is 2.38. The maximum atomic E-state index is 12.4. The predicted molar refractivity (Wildman–Crippen MR) is 87.4 cm³/mol. The van der Waals surface area contributed by atoms with Crippen molar-refractivity contribution in [3.8, 4) is 0 Å². The Kier molecular flexibility index (Phi) is 4.73. The second-order valence-electron chi connectivity index (χ2n) is 7.71. The second kappa shape index (κ2) is 6.33. The number of amides is 1. The molecule has 132 valence electrons. The van der Waals surface area contributed by atoms with Crippen LogP contribution in [0.4, 0.5) is 0 Å². The van der Waals surface area contributed by atoms with Gasteiger partial charge in [-0.3, -0.25) is 4.79 Å². The summed E-state index contributed by atoms with van der Waals surface area (Å²) in [6.45, 7) is 4.24. The topological polar surface area (TPSA) is 75.7 Å². The maximum Gasteiger partial charge on any atom is 0.225 e. The van der Waals surface area contributed by atoms with Gasteiger partial charge in [0.15, 0.2) is 0 Å². The summed E-state index contributed by atoms with van der Waals surface area (Å²) in [4.78, 5) is 14.4. The minimum atomic E-state index is -3.19. The first-order valence-electron chi connectivity index (χ1n) is 8.66. The number of likely N-dealkylation sites (tertiary alicyclic amines) is 1. The first kappa shape index (κ1) is 17.2. The third-order valence-electron chi connectivity index (χ3n) is 5.58. The molecule has 3 rings (SSSR count). The molecule has 6 nitrogen and oxygen atoms in total. The molecule has 1 amide bonds. The number of sulfonamides is 1. The van der Waals surface area contributed by atoms with Crippen LogP contribution in [-0.2, 0) is 19.6 Å². The van der Waals surface area contributed by atoms with Crippen LogP contribution < -0.4 is 4.72 Å². The molecule has 0 aromatic heterocycles. The standard InChI is InChI=1S/C16H28N2O4S/c1-12-9-13(10-12)15(19)18-6-4-16(5-7-18)11-14(3-8-22-16)17-23(2,20)21/h12-14,17H,3-11H2,1-2H3. The van der Waals surface area contributed by atoms with Crippen molar-refractivity contribution in [1.82, 2.24) is 9.62 Å². The SMILES string of the molecule is CC1CC(C(=O)N2CCC3(CC2)CC(NS(C)(=O)=O)CCO3)C1. The third-order valence-corrected chi connectivity index (χ3v) is 6.34. The van der Waals surface area contributed by atoms with Gasteiger partial charge in [-0.2, -0.15) is 0 Å². The fourth-order valence-corrected chi connectivity index (χ4v) is 5.08. The molecule has 2 heterocycles. The van der Waals surface area contributed by atoms with Gasteiger partial charge in [0.1, 0.15) is 0 Å². The van der Waals surface area contributed by atoms with Gasteiger partial charge in [-0.25, -0.2) is 13.1 Å². The Bertz CT molecular complexity index is 548. The van der Waals surface area contributed by atoms with Gasteiger partial charge in [0.25, 0.3) is 0 Å². The summed E-state index contributed by atoms with van der Waals surface area (Å²) in [6.07, 6.45) is 6.30. The molecule has 0 aromatic carbocycles. The highest BCUT2D eigenvalue weighted by atomic mass is 32.2. The highest BCUT2D eigenvalue weighted by molar-refractivity contribution is 7.88. The molecule has 0 aromatic rings. The van der Waals surface area contributed by atoms with Crippen LogP contribution in [0.5, 0.6) is 0 Å². The molecule has 1 aliphatic carbocycles.